The van der Waals surface area contributed by atoms with E-state index in [0.29, 0.717) is 0 Å². The van der Waals surface area contributed by atoms with E-state index in [1.54, 1.807) is 0 Å². The van der Waals surface area contributed by atoms with Gasteiger partial charge in [0.1, 0.15) is 0 Å². The molecule has 2 saturated carbocycles. The molecule has 0 aliphatic heterocycles. The number of nitrogens with one attached hydrogen (secondary N) is 1. The van der Waals surface area contributed by atoms with Crippen molar-refractivity contribution in [3.05, 3.63) is 33.3 Å². The standard InChI is InChI=1S/C14H17BrClN/c15-13-4-3-12(16)7-11(13)8-17-14-6-9-1-2-10(14)5-9/h3-4,7,9-10,14,17H,1-2,5-6,8H2. The maximum atomic E-state index is 6.03. The van der Waals surface area contributed by atoms with E-state index in [1.807, 2.05) is 18.2 Å². The molecule has 92 valence electrons. The highest BCUT2D eigenvalue weighted by atomic mass is 79.9. The maximum absolute atomic E-state index is 6.03. The maximum Gasteiger partial charge on any atom is 0.0410 e. The van der Waals surface area contributed by atoms with Crippen LogP contribution in [0, 0.1) is 11.8 Å². The number of fused-ring (bicyclic) bond motifs is 2. The van der Waals surface area contributed by atoms with Gasteiger partial charge in [-0.2, -0.15) is 0 Å². The summed E-state index contributed by atoms with van der Waals surface area (Å²) in [5.41, 5.74) is 1.26. The van der Waals surface area contributed by atoms with Crippen LogP contribution in [0.4, 0.5) is 0 Å². The Labute approximate surface area is 116 Å². The summed E-state index contributed by atoms with van der Waals surface area (Å²) in [6, 6.07) is 6.73. The molecule has 3 rings (SSSR count). The molecule has 0 spiro atoms. The molecule has 3 unspecified atom stereocenters. The molecule has 1 nitrogen and oxygen atoms in total. The van der Waals surface area contributed by atoms with Gasteiger partial charge in [-0.3, -0.25) is 0 Å². The van der Waals surface area contributed by atoms with Gasteiger partial charge in [0.15, 0.2) is 0 Å². The predicted octanol–water partition coefficient (Wildman–Crippen LogP) is 4.38. The molecule has 0 amide bonds. The van der Waals surface area contributed by atoms with E-state index in [9.17, 15) is 0 Å². The van der Waals surface area contributed by atoms with Crippen LogP contribution in [0.1, 0.15) is 31.2 Å². The fourth-order valence-corrected chi connectivity index (χ4v) is 4.00. The Morgan fingerprint density at radius 2 is 2.18 bits per heavy atom. The van der Waals surface area contributed by atoms with Crippen LogP contribution in [0.15, 0.2) is 22.7 Å². The molecule has 0 heterocycles. The third kappa shape index (κ3) is 2.54. The van der Waals surface area contributed by atoms with Crippen molar-refractivity contribution in [1.29, 1.82) is 0 Å². The Balaban J connectivity index is 1.62. The Bertz CT molecular complexity index is 421. The molecule has 0 radical (unpaired) electrons. The van der Waals surface area contributed by atoms with E-state index in [0.717, 1.165) is 33.9 Å². The van der Waals surface area contributed by atoms with Crippen LogP contribution in [0.25, 0.3) is 0 Å². The SMILES string of the molecule is Clc1ccc(Br)c(CNC2CC3CCC2C3)c1. The van der Waals surface area contributed by atoms with Gasteiger partial charge < -0.3 is 5.32 Å². The van der Waals surface area contributed by atoms with E-state index >= 15 is 0 Å². The average Bonchev–Trinajstić information content (AvgIpc) is 2.92. The number of hydrogen-bond acceptors (Lipinski definition) is 1. The summed E-state index contributed by atoms with van der Waals surface area (Å²) in [6.45, 7) is 0.926. The van der Waals surface area contributed by atoms with Crippen LogP contribution in [0.2, 0.25) is 5.02 Å². The lowest BCUT2D eigenvalue weighted by Gasteiger charge is -2.23. The first-order valence-corrected chi connectivity index (χ1v) is 7.57. The van der Waals surface area contributed by atoms with Gasteiger partial charge in [-0.15, -0.1) is 0 Å². The first kappa shape index (κ1) is 12.0. The second-order valence-corrected chi connectivity index (χ2v) is 6.69. The van der Waals surface area contributed by atoms with E-state index in [2.05, 4.69) is 21.2 Å². The van der Waals surface area contributed by atoms with Crippen molar-refractivity contribution in [2.75, 3.05) is 0 Å². The normalized spacial score (nSPS) is 31.1. The largest absolute Gasteiger partial charge is 0.310 e. The number of hydrogen-bond donors (Lipinski definition) is 1. The van der Waals surface area contributed by atoms with Gasteiger partial charge in [0.05, 0.1) is 0 Å². The van der Waals surface area contributed by atoms with E-state index in [4.69, 9.17) is 11.6 Å². The van der Waals surface area contributed by atoms with Crippen molar-refractivity contribution in [1.82, 2.24) is 5.32 Å². The summed E-state index contributed by atoms with van der Waals surface area (Å²) in [5.74, 6) is 1.93. The van der Waals surface area contributed by atoms with Gasteiger partial charge >= 0.3 is 0 Å². The zero-order chi connectivity index (χ0) is 11.8. The lowest BCUT2D eigenvalue weighted by molar-refractivity contribution is 0.350. The second-order valence-electron chi connectivity index (χ2n) is 5.40. The molecular formula is C14H17BrClN. The second kappa shape index (κ2) is 4.91. The highest BCUT2D eigenvalue weighted by molar-refractivity contribution is 9.10. The number of benzene rings is 1. The molecule has 17 heavy (non-hydrogen) atoms. The summed E-state index contributed by atoms with van der Waals surface area (Å²) < 4.78 is 1.15. The summed E-state index contributed by atoms with van der Waals surface area (Å²) in [4.78, 5) is 0. The molecule has 3 heteroatoms. The molecule has 3 atom stereocenters. The summed E-state index contributed by atoms with van der Waals surface area (Å²) in [6.07, 6.45) is 5.72. The quantitative estimate of drug-likeness (QED) is 0.873. The van der Waals surface area contributed by atoms with Crippen LogP contribution >= 0.6 is 27.5 Å². The molecule has 0 aromatic heterocycles. The molecule has 2 aliphatic rings. The lowest BCUT2D eigenvalue weighted by Crippen LogP contribution is -2.33. The molecule has 2 aliphatic carbocycles. The topological polar surface area (TPSA) is 12.0 Å². The van der Waals surface area contributed by atoms with Crippen LogP contribution in [-0.4, -0.2) is 6.04 Å². The zero-order valence-corrected chi connectivity index (χ0v) is 12.1. The lowest BCUT2D eigenvalue weighted by atomic mass is 9.95. The summed E-state index contributed by atoms with van der Waals surface area (Å²) in [5, 5.41) is 4.53. The van der Waals surface area contributed by atoms with E-state index in [1.165, 1.54) is 31.2 Å². The van der Waals surface area contributed by atoms with Gasteiger partial charge in [0.2, 0.25) is 0 Å². The first-order valence-electron chi connectivity index (χ1n) is 6.39. The average molecular weight is 315 g/mol. The first-order chi connectivity index (χ1) is 8.22. The predicted molar refractivity (Wildman–Crippen MR) is 75.2 cm³/mol. The number of rotatable bonds is 3. The van der Waals surface area contributed by atoms with Gasteiger partial charge in [-0.1, -0.05) is 34.0 Å². The van der Waals surface area contributed by atoms with Crippen molar-refractivity contribution in [2.45, 2.75) is 38.3 Å². The Morgan fingerprint density at radius 3 is 2.88 bits per heavy atom. The minimum absolute atomic E-state index is 0.736. The smallest absolute Gasteiger partial charge is 0.0410 e. The van der Waals surface area contributed by atoms with Gasteiger partial charge in [0, 0.05) is 22.1 Å². The van der Waals surface area contributed by atoms with Crippen molar-refractivity contribution in [2.24, 2.45) is 11.8 Å². The molecule has 1 N–H and O–H groups in total. The highest BCUT2D eigenvalue weighted by Gasteiger charge is 2.38. The Kier molecular flexibility index (Phi) is 3.47. The molecule has 1 aromatic rings. The molecule has 2 bridgehead atoms. The van der Waals surface area contributed by atoms with Crippen LogP contribution in [0.5, 0.6) is 0 Å². The van der Waals surface area contributed by atoms with Crippen molar-refractivity contribution in [3.8, 4) is 0 Å². The van der Waals surface area contributed by atoms with Crippen LogP contribution in [-0.2, 0) is 6.54 Å². The monoisotopic (exact) mass is 313 g/mol. The summed E-state index contributed by atoms with van der Waals surface area (Å²) >= 11 is 9.61. The summed E-state index contributed by atoms with van der Waals surface area (Å²) in [7, 11) is 0. The van der Waals surface area contributed by atoms with Crippen molar-refractivity contribution < 1.29 is 0 Å². The Morgan fingerprint density at radius 1 is 1.29 bits per heavy atom. The van der Waals surface area contributed by atoms with Crippen LogP contribution < -0.4 is 5.32 Å². The fraction of sp³-hybridized carbons (Fsp3) is 0.571. The van der Waals surface area contributed by atoms with E-state index < -0.39 is 0 Å². The minimum Gasteiger partial charge on any atom is -0.310 e. The Hall–Kier alpha value is -0.0500. The molecule has 0 saturated heterocycles. The van der Waals surface area contributed by atoms with Gasteiger partial charge in [0.25, 0.3) is 0 Å². The minimum atomic E-state index is 0.736. The van der Waals surface area contributed by atoms with Gasteiger partial charge in [-0.25, -0.2) is 0 Å². The zero-order valence-electron chi connectivity index (χ0n) is 9.76. The van der Waals surface area contributed by atoms with Crippen molar-refractivity contribution in [3.63, 3.8) is 0 Å². The third-order valence-corrected chi connectivity index (χ3v) is 5.31. The molecule has 1 aromatic carbocycles. The van der Waals surface area contributed by atoms with Crippen molar-refractivity contribution >= 4 is 27.5 Å². The molecular weight excluding hydrogens is 298 g/mol. The highest BCUT2D eigenvalue weighted by Crippen LogP contribution is 2.44. The fourth-order valence-electron chi connectivity index (χ4n) is 3.41. The van der Waals surface area contributed by atoms with Crippen LogP contribution in [0.3, 0.4) is 0 Å². The van der Waals surface area contributed by atoms with E-state index in [-0.39, 0.29) is 0 Å². The number of halogens is 2. The third-order valence-electron chi connectivity index (χ3n) is 4.30. The van der Waals surface area contributed by atoms with Gasteiger partial charge in [-0.05, 0) is 54.9 Å². The molecule has 2 fully saturated rings.